The Kier molecular flexibility index (Phi) is 6.47. The van der Waals surface area contributed by atoms with Gasteiger partial charge in [-0.3, -0.25) is 4.79 Å². The summed E-state index contributed by atoms with van der Waals surface area (Å²) in [5, 5.41) is 7.65. The van der Waals surface area contributed by atoms with E-state index in [9.17, 15) is 22.8 Å². The number of ether oxygens (including phenoxy) is 2. The van der Waals surface area contributed by atoms with Crippen LogP contribution >= 0.6 is 0 Å². The van der Waals surface area contributed by atoms with Crippen LogP contribution < -0.4 is 10.5 Å². The Morgan fingerprint density at radius 2 is 1.81 bits per heavy atom. The van der Waals surface area contributed by atoms with Crippen LogP contribution in [0.2, 0.25) is 0 Å². The molecule has 32 heavy (non-hydrogen) atoms. The van der Waals surface area contributed by atoms with Crippen molar-refractivity contribution in [1.29, 1.82) is 0 Å². The fourth-order valence-corrected chi connectivity index (χ4v) is 2.96. The molecule has 1 aromatic heterocycles. The molecule has 0 saturated heterocycles. The highest BCUT2D eigenvalue weighted by Crippen LogP contribution is 2.32. The molecule has 0 aliphatic rings. The summed E-state index contributed by atoms with van der Waals surface area (Å²) < 4.78 is 50.1. The molecular weight excluding hydrogens is 429 g/mol. The topological polar surface area (TPSA) is 109 Å². The van der Waals surface area contributed by atoms with Crippen LogP contribution in [0.5, 0.6) is 5.75 Å². The monoisotopic (exact) mass is 448 g/mol. The third-order valence-corrected chi connectivity index (χ3v) is 4.53. The van der Waals surface area contributed by atoms with E-state index < -0.39 is 29.2 Å². The van der Waals surface area contributed by atoms with Crippen molar-refractivity contribution < 1.29 is 32.2 Å². The number of methoxy groups -OCH3 is 1. The number of hydrogen-bond acceptors (Lipinski definition) is 7. The van der Waals surface area contributed by atoms with Crippen LogP contribution in [0, 0.1) is 0 Å². The second-order valence-electron chi connectivity index (χ2n) is 6.64. The summed E-state index contributed by atoms with van der Waals surface area (Å²) in [5.74, 6) is -1.08. The van der Waals surface area contributed by atoms with Gasteiger partial charge in [0.1, 0.15) is 11.4 Å². The lowest BCUT2D eigenvalue weighted by molar-refractivity contribution is -0.137. The predicted octanol–water partition coefficient (Wildman–Crippen LogP) is 3.34. The zero-order valence-corrected chi connectivity index (χ0v) is 17.1. The fraction of sp³-hybridized carbons (Fsp3) is 0.238. The van der Waals surface area contributed by atoms with Crippen molar-refractivity contribution in [2.45, 2.75) is 19.6 Å². The number of nitrogens with two attached hydrogens (primary N) is 1. The van der Waals surface area contributed by atoms with Crippen molar-refractivity contribution in [3.63, 3.8) is 0 Å². The third kappa shape index (κ3) is 4.71. The molecule has 3 aromatic rings. The van der Waals surface area contributed by atoms with Gasteiger partial charge in [-0.1, -0.05) is 17.3 Å². The Morgan fingerprint density at radius 3 is 2.38 bits per heavy atom. The summed E-state index contributed by atoms with van der Waals surface area (Å²) in [6.07, 6.45) is -4.62. The number of carbonyl (C=O) groups is 2. The molecule has 0 fully saturated rings. The molecule has 0 radical (unpaired) electrons. The number of nitrogens with zero attached hydrogens (tertiary/aromatic N) is 3. The summed E-state index contributed by atoms with van der Waals surface area (Å²) in [6, 6.07) is 9.22. The smallest absolute Gasteiger partial charge is 0.416 e. The van der Waals surface area contributed by atoms with Crippen LogP contribution in [0.1, 0.15) is 44.6 Å². The summed E-state index contributed by atoms with van der Waals surface area (Å²) in [7, 11) is 1.52. The van der Waals surface area contributed by atoms with Crippen molar-refractivity contribution in [2.75, 3.05) is 19.5 Å². The molecule has 3 rings (SSSR count). The van der Waals surface area contributed by atoms with E-state index in [1.165, 1.54) is 11.8 Å². The molecule has 11 heteroatoms. The standard InChI is InChI=1S/C21H19F3N4O4/c1-3-32-20(30)17-18(19(29)15-9-6-13(10-16(15)25)21(22,23)24)28(27-26-17)11-12-4-7-14(31-2)8-5-12/h4-10H,3,11,25H2,1-2H3. The van der Waals surface area contributed by atoms with Crippen LogP contribution in [0.3, 0.4) is 0 Å². The normalized spacial score (nSPS) is 11.3. The van der Waals surface area contributed by atoms with Gasteiger partial charge in [-0.05, 0) is 42.8 Å². The molecule has 0 aliphatic carbocycles. The van der Waals surface area contributed by atoms with Crippen molar-refractivity contribution in [2.24, 2.45) is 0 Å². The number of anilines is 1. The first-order valence-electron chi connectivity index (χ1n) is 9.40. The van der Waals surface area contributed by atoms with Crippen molar-refractivity contribution in [3.8, 4) is 5.75 Å². The molecule has 0 bridgehead atoms. The second-order valence-corrected chi connectivity index (χ2v) is 6.64. The molecule has 1 heterocycles. The van der Waals surface area contributed by atoms with E-state index in [0.717, 1.165) is 12.1 Å². The molecule has 0 spiro atoms. The number of aromatic nitrogens is 3. The van der Waals surface area contributed by atoms with Gasteiger partial charge in [-0.15, -0.1) is 5.10 Å². The van der Waals surface area contributed by atoms with Crippen LogP contribution in [0.4, 0.5) is 18.9 Å². The maximum absolute atomic E-state index is 13.2. The Bertz CT molecular complexity index is 1140. The number of carbonyl (C=O) groups excluding carboxylic acids is 2. The van der Waals surface area contributed by atoms with Gasteiger partial charge in [0, 0.05) is 11.3 Å². The molecule has 0 atom stereocenters. The average molecular weight is 448 g/mol. The van der Waals surface area contributed by atoms with E-state index in [1.54, 1.807) is 31.2 Å². The lowest BCUT2D eigenvalue weighted by atomic mass is 10.0. The van der Waals surface area contributed by atoms with E-state index in [2.05, 4.69) is 10.3 Å². The lowest BCUT2D eigenvalue weighted by Crippen LogP contribution is -2.18. The van der Waals surface area contributed by atoms with Gasteiger partial charge in [0.25, 0.3) is 0 Å². The minimum Gasteiger partial charge on any atom is -0.497 e. The molecule has 2 aromatic carbocycles. The van der Waals surface area contributed by atoms with Gasteiger partial charge in [-0.25, -0.2) is 9.48 Å². The van der Waals surface area contributed by atoms with Crippen molar-refractivity contribution >= 4 is 17.4 Å². The highest BCUT2D eigenvalue weighted by Gasteiger charge is 2.33. The minimum absolute atomic E-state index is 0.0280. The first-order valence-corrected chi connectivity index (χ1v) is 9.40. The van der Waals surface area contributed by atoms with Gasteiger partial charge in [0.15, 0.2) is 0 Å². The number of esters is 1. The second kappa shape index (κ2) is 9.08. The summed E-state index contributed by atoms with van der Waals surface area (Å²) in [4.78, 5) is 25.6. The molecule has 2 N–H and O–H groups in total. The average Bonchev–Trinajstić information content (AvgIpc) is 3.17. The Hall–Kier alpha value is -3.89. The van der Waals surface area contributed by atoms with Gasteiger partial charge >= 0.3 is 12.1 Å². The predicted molar refractivity (Wildman–Crippen MR) is 107 cm³/mol. The number of rotatable bonds is 7. The van der Waals surface area contributed by atoms with Gasteiger partial charge < -0.3 is 15.2 Å². The van der Waals surface area contributed by atoms with E-state index in [1.807, 2.05) is 0 Å². The number of halogens is 3. The largest absolute Gasteiger partial charge is 0.497 e. The SMILES string of the molecule is CCOC(=O)c1nnn(Cc2ccc(OC)cc2)c1C(=O)c1ccc(C(F)(F)F)cc1N. The van der Waals surface area contributed by atoms with Crippen LogP contribution in [0.15, 0.2) is 42.5 Å². The zero-order chi connectivity index (χ0) is 23.5. The first-order chi connectivity index (χ1) is 15.2. The Balaban J connectivity index is 2.05. The maximum Gasteiger partial charge on any atom is 0.416 e. The van der Waals surface area contributed by atoms with E-state index in [4.69, 9.17) is 15.2 Å². The molecule has 0 saturated carbocycles. The van der Waals surface area contributed by atoms with E-state index >= 15 is 0 Å². The Morgan fingerprint density at radius 1 is 1.12 bits per heavy atom. The highest BCUT2D eigenvalue weighted by molar-refractivity contribution is 6.15. The van der Waals surface area contributed by atoms with Crippen LogP contribution in [-0.4, -0.2) is 40.5 Å². The number of alkyl halides is 3. The number of nitrogen functional groups attached to an aromatic ring is 1. The number of benzene rings is 2. The lowest BCUT2D eigenvalue weighted by Gasteiger charge is -2.12. The molecule has 8 nitrogen and oxygen atoms in total. The summed E-state index contributed by atoms with van der Waals surface area (Å²) in [5.41, 5.74) is 4.24. The molecule has 0 unspecified atom stereocenters. The third-order valence-electron chi connectivity index (χ3n) is 4.53. The Labute approximate surface area is 180 Å². The van der Waals surface area contributed by atoms with Crippen molar-refractivity contribution in [3.05, 3.63) is 70.5 Å². The van der Waals surface area contributed by atoms with E-state index in [-0.39, 0.29) is 30.1 Å². The van der Waals surface area contributed by atoms with Crippen LogP contribution in [-0.2, 0) is 17.5 Å². The van der Waals surface area contributed by atoms with Gasteiger partial charge in [0.2, 0.25) is 11.5 Å². The minimum atomic E-state index is -4.62. The first kappa shape index (κ1) is 22.8. The molecule has 0 aliphatic heterocycles. The summed E-state index contributed by atoms with van der Waals surface area (Å²) in [6.45, 7) is 1.66. The molecule has 168 valence electrons. The number of hydrogen-bond donors (Lipinski definition) is 1. The quantitative estimate of drug-likeness (QED) is 0.335. The van der Waals surface area contributed by atoms with Gasteiger partial charge in [0.05, 0.1) is 25.8 Å². The van der Waals surface area contributed by atoms with E-state index in [0.29, 0.717) is 17.4 Å². The zero-order valence-electron chi connectivity index (χ0n) is 17.1. The maximum atomic E-state index is 13.2. The number of ketones is 1. The fourth-order valence-electron chi connectivity index (χ4n) is 2.96. The molecular formula is C21H19F3N4O4. The molecule has 0 amide bonds. The highest BCUT2D eigenvalue weighted by atomic mass is 19.4. The van der Waals surface area contributed by atoms with Crippen molar-refractivity contribution in [1.82, 2.24) is 15.0 Å². The summed E-state index contributed by atoms with van der Waals surface area (Å²) >= 11 is 0. The van der Waals surface area contributed by atoms with Gasteiger partial charge in [-0.2, -0.15) is 13.2 Å². The van der Waals surface area contributed by atoms with Crippen LogP contribution in [0.25, 0.3) is 0 Å².